The molecule has 0 spiro atoms. The number of aromatic nitrogens is 1. The van der Waals surface area contributed by atoms with Crippen LogP contribution in [-0.4, -0.2) is 28.1 Å². The second kappa shape index (κ2) is 9.35. The van der Waals surface area contributed by atoms with Crippen molar-refractivity contribution in [3.8, 4) is 0 Å². The number of benzene rings is 2. The largest absolute Gasteiger partial charge is 0.395 e. The molecule has 0 aliphatic rings. The minimum Gasteiger partial charge on any atom is -0.395 e. The Morgan fingerprint density at radius 2 is 1.77 bits per heavy atom. The molecule has 0 aliphatic carbocycles. The number of hydrogen-bond donors (Lipinski definition) is 3. The summed E-state index contributed by atoms with van der Waals surface area (Å²) in [6.07, 6.45) is 0. The maximum absolute atomic E-state index is 13.3. The Balaban J connectivity index is 1.86. The van der Waals surface area contributed by atoms with Gasteiger partial charge in [0.1, 0.15) is 16.7 Å². The fraction of sp³-hybridized carbons (Fsp3) is 0.143. The van der Waals surface area contributed by atoms with Crippen molar-refractivity contribution in [2.24, 2.45) is 5.73 Å². The summed E-state index contributed by atoms with van der Waals surface area (Å²) in [5.41, 5.74) is 12.0. The minimum atomic E-state index is -0.922. The molecule has 3 aromatic rings. The smallest absolute Gasteiger partial charge is 0.272 e. The van der Waals surface area contributed by atoms with Crippen LogP contribution in [0.5, 0.6) is 0 Å². The zero-order chi connectivity index (χ0) is 22.5. The van der Waals surface area contributed by atoms with Gasteiger partial charge in [0.05, 0.1) is 5.69 Å². The van der Waals surface area contributed by atoms with Crippen LogP contribution in [-0.2, 0) is 11.3 Å². The van der Waals surface area contributed by atoms with Crippen molar-refractivity contribution in [3.63, 3.8) is 0 Å². The Hall–Kier alpha value is -3.79. The number of nitrogens with two attached hydrogens (primary N) is 2. The molecule has 1 heterocycles. The van der Waals surface area contributed by atoms with E-state index in [0.717, 1.165) is 11.5 Å². The molecule has 0 fully saturated rings. The number of para-hydroxylation sites is 1. The molecule has 0 aliphatic heterocycles. The Labute approximate surface area is 181 Å². The van der Waals surface area contributed by atoms with Crippen molar-refractivity contribution in [1.29, 1.82) is 0 Å². The van der Waals surface area contributed by atoms with E-state index in [1.807, 2.05) is 0 Å². The van der Waals surface area contributed by atoms with Gasteiger partial charge in [-0.2, -0.15) is 4.37 Å². The van der Waals surface area contributed by atoms with E-state index < -0.39 is 23.8 Å². The second-order valence-electron chi connectivity index (χ2n) is 6.67. The van der Waals surface area contributed by atoms with E-state index in [-0.39, 0.29) is 28.6 Å². The van der Waals surface area contributed by atoms with Gasteiger partial charge in [-0.3, -0.25) is 19.3 Å². The number of carbonyl (C=O) groups is 3. The highest BCUT2D eigenvalue weighted by Gasteiger charge is 2.32. The molecule has 0 bridgehead atoms. The van der Waals surface area contributed by atoms with Crippen LogP contribution in [0, 0.1) is 5.82 Å². The van der Waals surface area contributed by atoms with Gasteiger partial charge in [0, 0.05) is 12.2 Å². The summed E-state index contributed by atoms with van der Waals surface area (Å²) < 4.78 is 16.9. The first kappa shape index (κ1) is 21.9. The molecule has 2 aromatic carbocycles. The molecule has 1 aromatic heterocycles. The van der Waals surface area contributed by atoms with Crippen LogP contribution >= 0.6 is 11.5 Å². The highest BCUT2D eigenvalue weighted by Crippen LogP contribution is 2.27. The van der Waals surface area contributed by atoms with Gasteiger partial charge in [-0.25, -0.2) is 4.39 Å². The van der Waals surface area contributed by atoms with Crippen molar-refractivity contribution < 1.29 is 18.8 Å². The molecule has 5 N–H and O–H groups in total. The van der Waals surface area contributed by atoms with E-state index in [2.05, 4.69) is 9.69 Å². The number of nitrogens with zero attached hydrogens (tertiary/aromatic N) is 2. The number of hydrogen-bond acceptors (Lipinski definition) is 6. The van der Waals surface area contributed by atoms with Gasteiger partial charge in [0.2, 0.25) is 5.91 Å². The van der Waals surface area contributed by atoms with Crippen molar-refractivity contribution in [2.45, 2.75) is 19.5 Å². The second-order valence-corrected chi connectivity index (χ2v) is 7.44. The first-order valence-corrected chi connectivity index (χ1v) is 10.0. The predicted molar refractivity (Wildman–Crippen MR) is 116 cm³/mol. The van der Waals surface area contributed by atoms with Crippen molar-refractivity contribution >= 4 is 40.6 Å². The van der Waals surface area contributed by atoms with Gasteiger partial charge in [0.25, 0.3) is 11.8 Å². The van der Waals surface area contributed by atoms with Gasteiger partial charge in [-0.15, -0.1) is 0 Å². The van der Waals surface area contributed by atoms with Crippen LogP contribution in [0.25, 0.3) is 0 Å². The topological polar surface area (TPSA) is 131 Å². The lowest BCUT2D eigenvalue weighted by molar-refractivity contribution is -0.122. The van der Waals surface area contributed by atoms with E-state index in [9.17, 15) is 18.8 Å². The monoisotopic (exact) mass is 441 g/mol. The molecule has 160 valence electrons. The van der Waals surface area contributed by atoms with Crippen LogP contribution in [0.2, 0.25) is 0 Å². The normalized spacial score (nSPS) is 11.5. The van der Waals surface area contributed by atoms with E-state index in [1.54, 1.807) is 49.4 Å². The average Bonchev–Trinajstić information content (AvgIpc) is 3.15. The molecule has 10 heteroatoms. The number of amides is 3. The third-order valence-corrected chi connectivity index (χ3v) is 5.41. The number of nitrogens with one attached hydrogen (secondary N) is 1. The molecule has 0 radical (unpaired) electrons. The van der Waals surface area contributed by atoms with E-state index >= 15 is 0 Å². The first-order valence-electron chi connectivity index (χ1n) is 9.25. The Kier molecular flexibility index (Phi) is 6.61. The molecule has 3 rings (SSSR count). The number of carbonyl (C=O) groups excluding carboxylic acids is 3. The quantitative estimate of drug-likeness (QED) is 0.518. The third kappa shape index (κ3) is 4.86. The number of anilines is 2. The molecule has 1 atom stereocenters. The Morgan fingerprint density at radius 1 is 1.13 bits per heavy atom. The van der Waals surface area contributed by atoms with E-state index in [0.29, 0.717) is 11.3 Å². The number of rotatable bonds is 7. The maximum Gasteiger partial charge on any atom is 0.272 e. The summed E-state index contributed by atoms with van der Waals surface area (Å²) in [7, 11) is 0. The predicted octanol–water partition coefficient (Wildman–Crippen LogP) is 2.32. The van der Waals surface area contributed by atoms with Crippen LogP contribution in [0.1, 0.15) is 32.6 Å². The first-order chi connectivity index (χ1) is 14.8. The molecule has 31 heavy (non-hydrogen) atoms. The van der Waals surface area contributed by atoms with Gasteiger partial charge in [-0.1, -0.05) is 30.3 Å². The number of primary amides is 1. The fourth-order valence-corrected chi connectivity index (χ4v) is 3.64. The Morgan fingerprint density at radius 3 is 2.35 bits per heavy atom. The average molecular weight is 441 g/mol. The molecule has 0 saturated heterocycles. The lowest BCUT2D eigenvalue weighted by Crippen LogP contribution is -2.48. The van der Waals surface area contributed by atoms with Gasteiger partial charge in [0.15, 0.2) is 5.69 Å². The SMILES string of the molecule is C[C@@H](C(=O)NCc1ccc(F)cc1)N(C(=O)c1snc(C(N)=O)c1N)c1ccccc1. The summed E-state index contributed by atoms with van der Waals surface area (Å²) >= 11 is 0.742. The van der Waals surface area contributed by atoms with Gasteiger partial charge >= 0.3 is 0 Å². The summed E-state index contributed by atoms with van der Waals surface area (Å²) in [5, 5.41) is 2.74. The van der Waals surface area contributed by atoms with Crippen LogP contribution in [0.3, 0.4) is 0 Å². The number of nitrogen functional groups attached to an aromatic ring is 1. The van der Waals surface area contributed by atoms with Gasteiger partial charge in [-0.05, 0) is 48.3 Å². The molecule has 8 nitrogen and oxygen atoms in total. The standard InChI is InChI=1S/C21H20FN5O3S/c1-12(20(29)25-11-13-7-9-14(22)10-8-13)27(15-5-3-2-4-6-15)21(30)18-16(23)17(19(24)28)26-31-18/h2-10,12H,11,23H2,1H3,(H2,24,28)(H,25,29)/t12-/m0/s1. The highest BCUT2D eigenvalue weighted by atomic mass is 32.1. The lowest BCUT2D eigenvalue weighted by Gasteiger charge is -2.28. The summed E-state index contributed by atoms with van der Waals surface area (Å²) in [6, 6.07) is 13.4. The molecular formula is C21H20FN5O3S. The molecule has 0 unspecified atom stereocenters. The van der Waals surface area contributed by atoms with Gasteiger partial charge < -0.3 is 16.8 Å². The van der Waals surface area contributed by atoms with Crippen molar-refractivity contribution in [1.82, 2.24) is 9.69 Å². The van der Waals surface area contributed by atoms with Crippen molar-refractivity contribution in [2.75, 3.05) is 10.6 Å². The highest BCUT2D eigenvalue weighted by molar-refractivity contribution is 7.09. The van der Waals surface area contributed by atoms with Crippen molar-refractivity contribution in [3.05, 3.63) is 76.5 Å². The molecule has 3 amide bonds. The van der Waals surface area contributed by atoms with Crippen LogP contribution in [0.4, 0.5) is 15.8 Å². The van der Waals surface area contributed by atoms with Crippen LogP contribution < -0.4 is 21.7 Å². The molecule has 0 saturated carbocycles. The summed E-state index contributed by atoms with van der Waals surface area (Å²) in [5.74, 6) is -2.23. The minimum absolute atomic E-state index is 0.0100. The van der Waals surface area contributed by atoms with Crippen LogP contribution in [0.15, 0.2) is 54.6 Å². The lowest BCUT2D eigenvalue weighted by atomic mass is 10.1. The third-order valence-electron chi connectivity index (χ3n) is 4.56. The number of halogens is 1. The Bertz CT molecular complexity index is 1100. The zero-order valence-electron chi connectivity index (χ0n) is 16.5. The maximum atomic E-state index is 13.3. The van der Waals surface area contributed by atoms with E-state index in [1.165, 1.54) is 17.0 Å². The summed E-state index contributed by atoms with van der Waals surface area (Å²) in [6.45, 7) is 1.73. The summed E-state index contributed by atoms with van der Waals surface area (Å²) in [4.78, 5) is 38.9. The zero-order valence-corrected chi connectivity index (χ0v) is 17.4. The molecular weight excluding hydrogens is 421 g/mol. The fourth-order valence-electron chi connectivity index (χ4n) is 2.90. The van der Waals surface area contributed by atoms with E-state index in [4.69, 9.17) is 11.5 Å².